The van der Waals surface area contributed by atoms with Crippen molar-refractivity contribution in [3.63, 3.8) is 0 Å². The Morgan fingerprint density at radius 3 is 2.95 bits per heavy atom. The van der Waals surface area contributed by atoms with Crippen LogP contribution in [0.3, 0.4) is 0 Å². The minimum atomic E-state index is -0.966. The van der Waals surface area contributed by atoms with Crippen molar-refractivity contribution in [3.05, 3.63) is 29.8 Å². The fourth-order valence-corrected chi connectivity index (χ4v) is 3.54. The van der Waals surface area contributed by atoms with Crippen molar-refractivity contribution in [2.45, 2.75) is 29.0 Å². The molecular formula is C13H12O5S. The van der Waals surface area contributed by atoms with E-state index in [4.69, 9.17) is 14.6 Å². The molecule has 2 aliphatic rings. The fraction of sp³-hybridized carbons (Fsp3) is 0.385. The highest BCUT2D eigenvalue weighted by Crippen LogP contribution is 2.37. The molecule has 0 spiro atoms. The molecule has 0 aliphatic carbocycles. The molecule has 3 atom stereocenters. The van der Waals surface area contributed by atoms with Gasteiger partial charge in [-0.15, -0.1) is 11.8 Å². The van der Waals surface area contributed by atoms with Gasteiger partial charge in [0, 0.05) is 16.6 Å². The number of Topliss-reactive ketones (excluding diaryl/α,β-unsaturated/α-hetero) is 1. The molecule has 0 amide bonds. The van der Waals surface area contributed by atoms with Gasteiger partial charge in [0.05, 0.1) is 18.3 Å². The normalized spacial score (nSPS) is 29.5. The Balaban J connectivity index is 1.82. The van der Waals surface area contributed by atoms with E-state index in [1.54, 1.807) is 24.3 Å². The maximum absolute atomic E-state index is 11.7. The standard InChI is InChI=1S/C13H12O5S/c14-8-5-11(9-6-17-13(8)18-9)19-10-4-2-1-3-7(10)12(15)16/h1-4,9,11,13H,5-6H2,(H,15,16)/t9-,11+,13-/m1/s1. The van der Waals surface area contributed by atoms with Crippen LogP contribution in [-0.2, 0) is 14.3 Å². The van der Waals surface area contributed by atoms with E-state index in [2.05, 4.69) is 0 Å². The Labute approximate surface area is 113 Å². The van der Waals surface area contributed by atoms with Gasteiger partial charge in [-0.25, -0.2) is 4.79 Å². The van der Waals surface area contributed by atoms with Crippen LogP contribution >= 0.6 is 11.8 Å². The molecule has 1 N–H and O–H groups in total. The summed E-state index contributed by atoms with van der Waals surface area (Å²) in [5.41, 5.74) is 0.251. The number of carboxylic acid groups (broad SMARTS) is 1. The molecule has 0 saturated carbocycles. The van der Waals surface area contributed by atoms with E-state index in [-0.39, 0.29) is 22.7 Å². The summed E-state index contributed by atoms with van der Waals surface area (Å²) in [6.07, 6.45) is -0.500. The Morgan fingerprint density at radius 1 is 1.37 bits per heavy atom. The van der Waals surface area contributed by atoms with Gasteiger partial charge in [-0.05, 0) is 12.1 Å². The molecule has 1 aromatic rings. The van der Waals surface area contributed by atoms with Crippen LogP contribution in [0, 0.1) is 0 Å². The first-order chi connectivity index (χ1) is 9.15. The number of hydrogen-bond acceptors (Lipinski definition) is 5. The monoisotopic (exact) mass is 280 g/mol. The lowest BCUT2D eigenvalue weighted by atomic mass is 10.1. The van der Waals surface area contributed by atoms with Crippen LogP contribution in [0.15, 0.2) is 29.2 Å². The summed E-state index contributed by atoms with van der Waals surface area (Å²) in [5.74, 6) is -1.04. The zero-order valence-electron chi connectivity index (χ0n) is 9.94. The molecule has 6 heteroatoms. The highest BCUT2D eigenvalue weighted by atomic mass is 32.2. The molecule has 2 heterocycles. The van der Waals surface area contributed by atoms with Crippen LogP contribution in [0.25, 0.3) is 0 Å². The summed E-state index contributed by atoms with van der Waals surface area (Å²) >= 11 is 1.38. The zero-order chi connectivity index (χ0) is 13.4. The van der Waals surface area contributed by atoms with Crippen molar-refractivity contribution < 1.29 is 24.2 Å². The van der Waals surface area contributed by atoms with Crippen LogP contribution in [0.1, 0.15) is 16.8 Å². The molecular weight excluding hydrogens is 268 g/mol. The molecule has 2 saturated heterocycles. The number of carboxylic acids is 1. The summed E-state index contributed by atoms with van der Waals surface area (Å²) in [6.45, 7) is 0.392. The molecule has 3 rings (SSSR count). The third-order valence-corrected chi connectivity index (χ3v) is 4.57. The van der Waals surface area contributed by atoms with E-state index < -0.39 is 12.3 Å². The first kappa shape index (κ1) is 12.7. The number of ether oxygens (including phenoxy) is 2. The second-order valence-corrected chi connectivity index (χ2v) is 5.75. The summed E-state index contributed by atoms with van der Waals surface area (Å²) in [6, 6.07) is 6.78. The van der Waals surface area contributed by atoms with Gasteiger partial charge in [0.1, 0.15) is 0 Å². The number of ketones is 1. The number of carbonyl (C=O) groups is 2. The van der Waals surface area contributed by atoms with Gasteiger partial charge < -0.3 is 14.6 Å². The molecule has 100 valence electrons. The number of fused-ring (bicyclic) bond motifs is 2. The third-order valence-electron chi connectivity index (χ3n) is 3.19. The Bertz CT molecular complexity index is 530. The van der Waals surface area contributed by atoms with Crippen LogP contribution in [-0.4, -0.2) is 41.1 Å². The van der Waals surface area contributed by atoms with Crippen LogP contribution in [0.2, 0.25) is 0 Å². The Kier molecular flexibility index (Phi) is 3.30. The molecule has 5 nitrogen and oxygen atoms in total. The summed E-state index contributed by atoms with van der Waals surface area (Å²) in [5, 5.41) is 9.05. The van der Waals surface area contributed by atoms with E-state index in [0.717, 1.165) is 0 Å². The molecule has 0 unspecified atom stereocenters. The van der Waals surface area contributed by atoms with Crippen molar-refractivity contribution in [1.29, 1.82) is 0 Å². The smallest absolute Gasteiger partial charge is 0.336 e. The molecule has 1 aromatic carbocycles. The third kappa shape index (κ3) is 2.39. The number of carbonyl (C=O) groups excluding carboxylic acids is 1. The highest BCUT2D eigenvalue weighted by molar-refractivity contribution is 8.00. The van der Waals surface area contributed by atoms with Gasteiger partial charge in [-0.1, -0.05) is 12.1 Å². The minimum absolute atomic E-state index is 0.0703. The lowest BCUT2D eigenvalue weighted by Crippen LogP contribution is -2.37. The van der Waals surface area contributed by atoms with Crippen LogP contribution in [0.4, 0.5) is 0 Å². The molecule has 2 bridgehead atoms. The second-order valence-electron chi connectivity index (χ2n) is 4.47. The van der Waals surface area contributed by atoms with Gasteiger partial charge in [0.15, 0.2) is 5.78 Å². The van der Waals surface area contributed by atoms with Gasteiger partial charge in [-0.2, -0.15) is 0 Å². The average Bonchev–Trinajstić information content (AvgIpc) is 2.82. The molecule has 0 aromatic heterocycles. The van der Waals surface area contributed by atoms with E-state index in [1.807, 2.05) is 0 Å². The molecule has 2 aliphatic heterocycles. The van der Waals surface area contributed by atoms with Gasteiger partial charge >= 0.3 is 5.97 Å². The minimum Gasteiger partial charge on any atom is -0.478 e. The van der Waals surface area contributed by atoms with E-state index >= 15 is 0 Å². The van der Waals surface area contributed by atoms with Crippen molar-refractivity contribution in [1.82, 2.24) is 0 Å². The highest BCUT2D eigenvalue weighted by Gasteiger charge is 2.43. The van der Waals surface area contributed by atoms with E-state index in [0.29, 0.717) is 17.9 Å². The van der Waals surface area contributed by atoms with Crippen molar-refractivity contribution in [2.75, 3.05) is 6.61 Å². The predicted octanol–water partition coefficient (Wildman–Crippen LogP) is 1.56. The topological polar surface area (TPSA) is 72.8 Å². The lowest BCUT2D eigenvalue weighted by Gasteiger charge is -2.26. The van der Waals surface area contributed by atoms with Gasteiger partial charge in [0.2, 0.25) is 6.29 Å². The fourth-order valence-electron chi connectivity index (χ4n) is 2.24. The number of hydrogen-bond donors (Lipinski definition) is 1. The number of benzene rings is 1. The largest absolute Gasteiger partial charge is 0.478 e. The van der Waals surface area contributed by atoms with Gasteiger partial charge in [-0.3, -0.25) is 4.79 Å². The molecule has 19 heavy (non-hydrogen) atoms. The summed E-state index contributed by atoms with van der Waals surface area (Å²) < 4.78 is 10.7. The Hall–Kier alpha value is -1.37. The lowest BCUT2D eigenvalue weighted by molar-refractivity contribution is -0.151. The maximum atomic E-state index is 11.7. The first-order valence-corrected chi connectivity index (χ1v) is 6.82. The first-order valence-electron chi connectivity index (χ1n) is 5.94. The molecule has 2 fully saturated rings. The van der Waals surface area contributed by atoms with Crippen molar-refractivity contribution >= 4 is 23.5 Å². The number of thioether (sulfide) groups is 1. The molecule has 0 radical (unpaired) electrons. The predicted molar refractivity (Wildman–Crippen MR) is 67.3 cm³/mol. The SMILES string of the molecule is O=C(O)c1ccccc1S[C@H]1CC(=O)[C@@H]2OC[C@H]1O2. The number of aromatic carboxylic acids is 1. The zero-order valence-corrected chi connectivity index (χ0v) is 10.8. The Morgan fingerprint density at radius 2 is 2.16 bits per heavy atom. The van der Waals surface area contributed by atoms with Gasteiger partial charge in [0.25, 0.3) is 0 Å². The maximum Gasteiger partial charge on any atom is 0.336 e. The van der Waals surface area contributed by atoms with Crippen LogP contribution < -0.4 is 0 Å². The second kappa shape index (κ2) is 4.96. The number of rotatable bonds is 3. The quantitative estimate of drug-likeness (QED) is 0.906. The summed E-state index contributed by atoms with van der Waals surface area (Å²) in [7, 11) is 0. The summed E-state index contributed by atoms with van der Waals surface area (Å²) in [4.78, 5) is 23.5. The average molecular weight is 280 g/mol. The van der Waals surface area contributed by atoms with Crippen LogP contribution in [0.5, 0.6) is 0 Å². The van der Waals surface area contributed by atoms with Crippen molar-refractivity contribution in [2.24, 2.45) is 0 Å². The van der Waals surface area contributed by atoms with Crippen molar-refractivity contribution in [3.8, 4) is 0 Å². The van der Waals surface area contributed by atoms with E-state index in [1.165, 1.54) is 11.8 Å². The van der Waals surface area contributed by atoms with E-state index in [9.17, 15) is 9.59 Å².